The first-order valence-electron chi connectivity index (χ1n) is 6.24. The van der Waals surface area contributed by atoms with Crippen molar-refractivity contribution in [3.63, 3.8) is 0 Å². The average Bonchev–Trinajstić information content (AvgIpc) is 2.53. The lowest BCUT2D eigenvalue weighted by Crippen LogP contribution is -2.15. The van der Waals surface area contributed by atoms with Crippen molar-refractivity contribution in [2.24, 2.45) is 0 Å². The molecular formula is C13H25N3OS. The molecule has 1 rings (SSSR count). The van der Waals surface area contributed by atoms with Gasteiger partial charge in [0.05, 0.1) is 18.8 Å². The third-order valence-electron chi connectivity index (χ3n) is 2.27. The Kier molecular flexibility index (Phi) is 4.72. The van der Waals surface area contributed by atoms with Crippen LogP contribution in [0.25, 0.3) is 0 Å². The largest absolute Gasteiger partial charge is 0.384 e. The number of hydrogen-bond donors (Lipinski definition) is 1. The van der Waals surface area contributed by atoms with Gasteiger partial charge in [-0.25, -0.2) is 4.68 Å². The Hall–Kier alpha value is -0.680. The fourth-order valence-electron chi connectivity index (χ4n) is 1.32. The fourth-order valence-corrected chi connectivity index (χ4v) is 1.83. The molecule has 0 unspecified atom stereocenters. The minimum Gasteiger partial charge on any atom is -0.384 e. The molecule has 0 spiro atoms. The van der Waals surface area contributed by atoms with Crippen LogP contribution in [0, 0.1) is 0 Å². The van der Waals surface area contributed by atoms with Crippen molar-refractivity contribution in [1.82, 2.24) is 9.78 Å². The zero-order valence-corrected chi connectivity index (χ0v) is 13.1. The molecule has 0 fully saturated rings. The Morgan fingerprint density at radius 2 is 1.89 bits per heavy atom. The third-order valence-corrected chi connectivity index (χ3v) is 3.06. The highest BCUT2D eigenvalue weighted by Gasteiger charge is 2.19. The Balaban J connectivity index is 2.51. The summed E-state index contributed by atoms with van der Waals surface area (Å²) >= 11 is 1.49. The monoisotopic (exact) mass is 271 g/mol. The molecule has 0 radical (unpaired) electrons. The van der Waals surface area contributed by atoms with Gasteiger partial charge in [-0.05, 0) is 32.8 Å². The quantitative estimate of drug-likeness (QED) is 0.675. The summed E-state index contributed by atoms with van der Waals surface area (Å²) in [6, 6.07) is 1.94. The second-order valence-corrected chi connectivity index (χ2v) is 8.07. The fraction of sp³-hybridized carbons (Fsp3) is 0.769. The topological polar surface area (TPSA) is 53.1 Å². The lowest BCUT2D eigenvalue weighted by Gasteiger charge is -2.16. The van der Waals surface area contributed by atoms with Gasteiger partial charge in [0.1, 0.15) is 5.82 Å². The SMILES string of the molecule is CC(C)(C)SOCCn1nc(C(C)(C)C)cc1N. The van der Waals surface area contributed by atoms with Gasteiger partial charge >= 0.3 is 0 Å². The van der Waals surface area contributed by atoms with E-state index in [1.54, 1.807) is 0 Å². The van der Waals surface area contributed by atoms with Gasteiger partial charge in [-0.3, -0.25) is 0 Å². The van der Waals surface area contributed by atoms with E-state index in [-0.39, 0.29) is 10.2 Å². The van der Waals surface area contributed by atoms with Crippen molar-refractivity contribution in [2.45, 2.75) is 58.2 Å². The molecule has 0 amide bonds. The van der Waals surface area contributed by atoms with Crippen LogP contribution in [-0.2, 0) is 16.1 Å². The van der Waals surface area contributed by atoms with Crippen LogP contribution in [0.3, 0.4) is 0 Å². The molecule has 1 heterocycles. The summed E-state index contributed by atoms with van der Waals surface area (Å²) in [7, 11) is 0. The third kappa shape index (κ3) is 4.90. The second-order valence-electron chi connectivity index (χ2n) is 6.45. The molecule has 1 aromatic rings. The molecule has 104 valence electrons. The molecule has 0 aliphatic rings. The van der Waals surface area contributed by atoms with Crippen LogP contribution in [0.1, 0.15) is 47.2 Å². The number of nitrogen functional groups attached to an aromatic ring is 1. The van der Waals surface area contributed by atoms with E-state index >= 15 is 0 Å². The molecule has 0 aromatic carbocycles. The molecule has 0 bridgehead atoms. The molecule has 1 aromatic heterocycles. The smallest absolute Gasteiger partial charge is 0.122 e. The summed E-state index contributed by atoms with van der Waals surface area (Å²) in [5.74, 6) is 0.698. The van der Waals surface area contributed by atoms with E-state index in [9.17, 15) is 0 Å². The van der Waals surface area contributed by atoms with Crippen LogP contribution < -0.4 is 5.73 Å². The van der Waals surface area contributed by atoms with Crippen LogP contribution in [0.4, 0.5) is 5.82 Å². The van der Waals surface area contributed by atoms with Gasteiger partial charge in [-0.1, -0.05) is 20.8 Å². The number of nitrogens with two attached hydrogens (primary N) is 1. The van der Waals surface area contributed by atoms with E-state index in [2.05, 4.69) is 46.6 Å². The molecule has 0 saturated carbocycles. The number of anilines is 1. The van der Waals surface area contributed by atoms with Crippen molar-refractivity contribution >= 4 is 17.9 Å². The highest BCUT2D eigenvalue weighted by atomic mass is 32.2. The Bertz CT molecular complexity index is 388. The summed E-state index contributed by atoms with van der Waals surface area (Å²) < 4.78 is 7.48. The van der Waals surface area contributed by atoms with E-state index < -0.39 is 0 Å². The van der Waals surface area contributed by atoms with E-state index in [1.807, 2.05) is 10.7 Å². The molecule has 2 N–H and O–H groups in total. The first-order chi connectivity index (χ1) is 8.09. The van der Waals surface area contributed by atoms with Crippen molar-refractivity contribution in [3.8, 4) is 0 Å². The van der Waals surface area contributed by atoms with Crippen LogP contribution in [0.5, 0.6) is 0 Å². The zero-order valence-electron chi connectivity index (χ0n) is 12.3. The number of aromatic nitrogens is 2. The number of rotatable bonds is 4. The lowest BCUT2D eigenvalue weighted by molar-refractivity contribution is 0.332. The van der Waals surface area contributed by atoms with Gasteiger partial charge in [0.25, 0.3) is 0 Å². The highest BCUT2D eigenvalue weighted by molar-refractivity contribution is 7.96. The Labute approximate surface area is 114 Å². The van der Waals surface area contributed by atoms with E-state index in [0.29, 0.717) is 19.0 Å². The summed E-state index contributed by atoms with van der Waals surface area (Å²) in [5, 5.41) is 4.52. The Morgan fingerprint density at radius 1 is 1.28 bits per heavy atom. The van der Waals surface area contributed by atoms with Crippen LogP contribution >= 0.6 is 12.0 Å². The van der Waals surface area contributed by atoms with E-state index in [1.165, 1.54) is 12.0 Å². The zero-order chi connectivity index (χ0) is 14.0. The van der Waals surface area contributed by atoms with Crippen molar-refractivity contribution in [3.05, 3.63) is 11.8 Å². The molecule has 4 nitrogen and oxygen atoms in total. The normalized spacial score (nSPS) is 13.0. The predicted molar refractivity (Wildman–Crippen MR) is 78.6 cm³/mol. The predicted octanol–water partition coefficient (Wildman–Crippen LogP) is 3.23. The minimum atomic E-state index is 0.0282. The maximum atomic E-state index is 5.94. The minimum absolute atomic E-state index is 0.0282. The van der Waals surface area contributed by atoms with Crippen molar-refractivity contribution in [1.29, 1.82) is 0 Å². The molecule has 5 heteroatoms. The summed E-state index contributed by atoms with van der Waals surface area (Å²) in [4.78, 5) is 0. The first-order valence-corrected chi connectivity index (χ1v) is 6.98. The van der Waals surface area contributed by atoms with Crippen LogP contribution in [0.15, 0.2) is 6.07 Å². The molecule has 0 aliphatic carbocycles. The van der Waals surface area contributed by atoms with Gasteiger partial charge in [0, 0.05) is 16.2 Å². The molecule has 0 atom stereocenters. The maximum Gasteiger partial charge on any atom is 0.122 e. The maximum absolute atomic E-state index is 5.94. The second kappa shape index (κ2) is 5.53. The first kappa shape index (κ1) is 15.4. The Morgan fingerprint density at radius 3 is 2.33 bits per heavy atom. The summed E-state index contributed by atoms with van der Waals surface area (Å²) in [5.41, 5.74) is 6.99. The number of hydrogen-bond acceptors (Lipinski definition) is 4. The van der Waals surface area contributed by atoms with Gasteiger partial charge in [-0.2, -0.15) is 5.10 Å². The van der Waals surface area contributed by atoms with Gasteiger partial charge in [0.15, 0.2) is 0 Å². The molecule has 0 aliphatic heterocycles. The van der Waals surface area contributed by atoms with Gasteiger partial charge in [0.2, 0.25) is 0 Å². The van der Waals surface area contributed by atoms with E-state index in [4.69, 9.17) is 9.92 Å². The molecule has 0 saturated heterocycles. The number of nitrogens with zero attached hydrogens (tertiary/aromatic N) is 2. The van der Waals surface area contributed by atoms with Crippen molar-refractivity contribution < 1.29 is 4.18 Å². The standard InChI is InChI=1S/C13H25N3OS/c1-12(2,3)10-9-11(14)16(15-10)7-8-17-18-13(4,5)6/h9H,7-8,14H2,1-6H3. The van der Waals surface area contributed by atoms with Crippen molar-refractivity contribution in [2.75, 3.05) is 12.3 Å². The van der Waals surface area contributed by atoms with Gasteiger partial charge in [-0.15, -0.1) is 0 Å². The van der Waals surface area contributed by atoms with Crippen LogP contribution in [0.2, 0.25) is 0 Å². The highest BCUT2D eigenvalue weighted by Crippen LogP contribution is 2.25. The average molecular weight is 271 g/mol. The molecular weight excluding hydrogens is 246 g/mol. The van der Waals surface area contributed by atoms with E-state index in [0.717, 1.165) is 5.69 Å². The summed E-state index contributed by atoms with van der Waals surface area (Å²) in [6.07, 6.45) is 0. The summed E-state index contributed by atoms with van der Waals surface area (Å²) in [6.45, 7) is 14.1. The lowest BCUT2D eigenvalue weighted by atomic mass is 9.92. The van der Waals surface area contributed by atoms with Gasteiger partial charge < -0.3 is 9.92 Å². The molecule has 18 heavy (non-hydrogen) atoms. The van der Waals surface area contributed by atoms with Crippen LogP contribution in [-0.4, -0.2) is 21.1 Å².